The van der Waals surface area contributed by atoms with Crippen molar-refractivity contribution in [3.8, 4) is 0 Å². The molecule has 0 unspecified atom stereocenters. The fourth-order valence-electron chi connectivity index (χ4n) is 4.56. The van der Waals surface area contributed by atoms with E-state index in [1.165, 1.54) is 5.56 Å². The largest absolute Gasteiger partial charge is 0.511 e. The van der Waals surface area contributed by atoms with Gasteiger partial charge >= 0.3 is 15.5 Å². The number of rotatable bonds is 6. The van der Waals surface area contributed by atoms with Crippen LogP contribution in [0.1, 0.15) is 43.6 Å². The van der Waals surface area contributed by atoms with Crippen molar-refractivity contribution in [3.63, 3.8) is 0 Å². The molecule has 0 spiro atoms. The summed E-state index contributed by atoms with van der Waals surface area (Å²) >= 11 is 0. The number of aromatic nitrogens is 2. The van der Waals surface area contributed by atoms with Gasteiger partial charge in [-0.1, -0.05) is 6.07 Å². The van der Waals surface area contributed by atoms with E-state index in [-0.39, 0.29) is 18.6 Å². The molecule has 3 N–H and O–H groups in total. The number of hydrogen-bond acceptors (Lipinski definition) is 5. The Kier molecular flexibility index (Phi) is 6.57. The molecule has 4 rings (SSSR count). The number of nitrogens with zero attached hydrogens (tertiary/aromatic N) is 1. The highest BCUT2D eigenvalue weighted by atomic mass is 32.2. The van der Waals surface area contributed by atoms with Gasteiger partial charge < -0.3 is 10.1 Å². The molecule has 7 nitrogen and oxygen atoms in total. The number of benzene rings is 1. The lowest BCUT2D eigenvalue weighted by Gasteiger charge is -2.35. The third-order valence-electron chi connectivity index (χ3n) is 6.37. The van der Waals surface area contributed by atoms with E-state index in [4.69, 9.17) is 4.74 Å². The Balaban J connectivity index is 1.29. The zero-order chi connectivity index (χ0) is 22.1. The van der Waals surface area contributed by atoms with Gasteiger partial charge in [0.15, 0.2) is 0 Å². The molecule has 1 aliphatic carbocycles. The summed E-state index contributed by atoms with van der Waals surface area (Å²) in [7, 11) is -5.36. The molecule has 11 heteroatoms. The number of nitrogens with one attached hydrogen (secondary N) is 3. The number of fused-ring (bicyclic) bond motifs is 1. The SMILES string of the molecule is O=S(=O)(N[C@H]1CCNC[C@H]1COC1CCC(c2ccc3[nH]ncc3c2)CC1)C(F)(F)F. The Labute approximate surface area is 179 Å². The maximum atomic E-state index is 12.7. The average Bonchev–Trinajstić information content (AvgIpc) is 3.20. The van der Waals surface area contributed by atoms with Gasteiger partial charge in [-0.25, -0.2) is 13.1 Å². The van der Waals surface area contributed by atoms with Gasteiger partial charge in [0.2, 0.25) is 0 Å². The first-order valence-corrected chi connectivity index (χ1v) is 12.1. The Hall–Kier alpha value is -1.69. The predicted octanol–water partition coefficient (Wildman–Crippen LogP) is 3.02. The first-order valence-electron chi connectivity index (χ1n) is 10.6. The number of alkyl halides is 3. The smallest absolute Gasteiger partial charge is 0.378 e. The molecule has 1 saturated heterocycles. The molecule has 1 aromatic heterocycles. The molecule has 31 heavy (non-hydrogen) atoms. The fraction of sp³-hybridized carbons (Fsp3) is 0.650. The molecule has 2 heterocycles. The summed E-state index contributed by atoms with van der Waals surface area (Å²) in [5, 5.41) is 11.2. The minimum Gasteiger partial charge on any atom is -0.378 e. The number of piperidine rings is 1. The van der Waals surface area contributed by atoms with Gasteiger partial charge in [0.05, 0.1) is 24.4 Å². The van der Waals surface area contributed by atoms with E-state index in [0.717, 1.165) is 36.6 Å². The number of aromatic amines is 1. The van der Waals surface area contributed by atoms with Crippen LogP contribution < -0.4 is 10.0 Å². The summed E-state index contributed by atoms with van der Waals surface area (Å²) in [4.78, 5) is 0. The Morgan fingerprint density at radius 2 is 1.94 bits per heavy atom. The average molecular weight is 461 g/mol. The van der Waals surface area contributed by atoms with E-state index in [9.17, 15) is 21.6 Å². The quantitative estimate of drug-likeness (QED) is 0.616. The van der Waals surface area contributed by atoms with Gasteiger partial charge in [0, 0.05) is 23.9 Å². The Morgan fingerprint density at radius 1 is 1.16 bits per heavy atom. The van der Waals surface area contributed by atoms with E-state index in [1.54, 1.807) is 0 Å². The molecule has 0 amide bonds. The molecule has 2 aromatic rings. The van der Waals surface area contributed by atoms with E-state index in [1.807, 2.05) is 17.0 Å². The third kappa shape index (κ3) is 5.21. The first-order chi connectivity index (χ1) is 14.7. The van der Waals surface area contributed by atoms with E-state index in [0.29, 0.717) is 25.4 Å². The Morgan fingerprint density at radius 3 is 2.68 bits per heavy atom. The Bertz CT molecular complexity index is 987. The van der Waals surface area contributed by atoms with E-state index < -0.39 is 21.6 Å². The molecule has 172 valence electrons. The summed E-state index contributed by atoms with van der Waals surface area (Å²) in [5.41, 5.74) is -3.01. The molecule has 0 radical (unpaired) electrons. The fourth-order valence-corrected chi connectivity index (χ4v) is 5.40. The molecule has 1 aliphatic heterocycles. The van der Waals surface area contributed by atoms with Crippen molar-refractivity contribution in [2.45, 2.75) is 55.7 Å². The molecule has 2 atom stereocenters. The second kappa shape index (κ2) is 9.05. The maximum absolute atomic E-state index is 12.7. The molecule has 2 fully saturated rings. The van der Waals surface area contributed by atoms with Crippen molar-refractivity contribution >= 4 is 20.9 Å². The van der Waals surface area contributed by atoms with Gasteiger partial charge in [-0.3, -0.25) is 5.10 Å². The molecular weight excluding hydrogens is 433 g/mol. The first kappa shape index (κ1) is 22.5. The minimum absolute atomic E-state index is 0.0377. The highest BCUT2D eigenvalue weighted by Gasteiger charge is 2.47. The van der Waals surface area contributed by atoms with Gasteiger partial charge in [-0.05, 0) is 62.3 Å². The summed E-state index contributed by atoms with van der Waals surface area (Å²) < 4.78 is 69.1. The molecule has 1 saturated carbocycles. The van der Waals surface area contributed by atoms with Crippen molar-refractivity contribution in [3.05, 3.63) is 30.0 Å². The highest BCUT2D eigenvalue weighted by molar-refractivity contribution is 7.90. The van der Waals surface area contributed by atoms with Crippen molar-refractivity contribution in [1.29, 1.82) is 0 Å². The summed E-state index contributed by atoms with van der Waals surface area (Å²) in [6, 6.07) is 5.54. The normalized spacial score (nSPS) is 28.1. The molecule has 1 aromatic carbocycles. The summed E-state index contributed by atoms with van der Waals surface area (Å²) in [5.74, 6) is 0.105. The lowest BCUT2D eigenvalue weighted by atomic mass is 9.82. The van der Waals surface area contributed by atoms with Crippen LogP contribution in [0, 0.1) is 5.92 Å². The maximum Gasteiger partial charge on any atom is 0.511 e. The van der Waals surface area contributed by atoms with Crippen LogP contribution in [0.15, 0.2) is 24.4 Å². The summed E-state index contributed by atoms with van der Waals surface area (Å²) in [6.07, 6.45) is 5.83. The van der Waals surface area contributed by atoms with Crippen molar-refractivity contribution in [2.75, 3.05) is 19.7 Å². The predicted molar refractivity (Wildman–Crippen MR) is 110 cm³/mol. The van der Waals surface area contributed by atoms with Crippen LogP contribution in [0.25, 0.3) is 10.9 Å². The lowest BCUT2D eigenvalue weighted by Crippen LogP contribution is -2.53. The molecular formula is C20H27F3N4O3S. The second-order valence-electron chi connectivity index (χ2n) is 8.45. The number of ether oxygens (including phenoxy) is 1. The van der Waals surface area contributed by atoms with Crippen molar-refractivity contribution < 1.29 is 26.3 Å². The summed E-state index contributed by atoms with van der Waals surface area (Å²) in [6.45, 7) is 1.12. The van der Waals surface area contributed by atoms with E-state index >= 15 is 0 Å². The zero-order valence-electron chi connectivity index (χ0n) is 17.0. The topological polar surface area (TPSA) is 96.1 Å². The second-order valence-corrected chi connectivity index (χ2v) is 10.2. The third-order valence-corrected chi connectivity index (χ3v) is 7.60. The number of halogens is 3. The van der Waals surface area contributed by atoms with Crippen molar-refractivity contribution in [1.82, 2.24) is 20.2 Å². The number of hydrogen-bond donors (Lipinski definition) is 3. The van der Waals surface area contributed by atoms with Gasteiger partial charge in [-0.2, -0.15) is 18.3 Å². The highest BCUT2D eigenvalue weighted by Crippen LogP contribution is 2.35. The number of H-pyrrole nitrogens is 1. The van der Waals surface area contributed by atoms with Crippen LogP contribution in [0.5, 0.6) is 0 Å². The van der Waals surface area contributed by atoms with Crippen LogP contribution >= 0.6 is 0 Å². The zero-order valence-corrected chi connectivity index (χ0v) is 17.8. The van der Waals surface area contributed by atoms with Crippen LogP contribution in [0.3, 0.4) is 0 Å². The van der Waals surface area contributed by atoms with Gasteiger partial charge in [0.25, 0.3) is 0 Å². The van der Waals surface area contributed by atoms with Crippen LogP contribution in [0.4, 0.5) is 13.2 Å². The van der Waals surface area contributed by atoms with Crippen LogP contribution in [0.2, 0.25) is 0 Å². The van der Waals surface area contributed by atoms with Crippen LogP contribution in [-0.2, 0) is 14.8 Å². The van der Waals surface area contributed by atoms with Crippen LogP contribution in [-0.4, -0.2) is 56.0 Å². The molecule has 2 aliphatic rings. The van der Waals surface area contributed by atoms with Crippen molar-refractivity contribution in [2.24, 2.45) is 5.92 Å². The monoisotopic (exact) mass is 460 g/mol. The molecule has 0 bridgehead atoms. The minimum atomic E-state index is -5.36. The van der Waals surface area contributed by atoms with Gasteiger partial charge in [0.1, 0.15) is 0 Å². The standard InChI is InChI=1S/C20H27F3N4O3S/c21-20(22,23)31(28,29)27-19-7-8-24-10-16(19)12-30-17-4-1-13(2-5-17)14-3-6-18-15(9-14)11-25-26-18/h3,6,9,11,13,16-17,19,24,27H,1-2,4-5,7-8,10,12H2,(H,25,26)/t13?,16-,17?,19-/m0/s1. The van der Waals surface area contributed by atoms with Gasteiger partial charge in [-0.15, -0.1) is 0 Å². The number of sulfonamides is 1. The lowest BCUT2D eigenvalue weighted by molar-refractivity contribution is -0.0461. The van der Waals surface area contributed by atoms with E-state index in [2.05, 4.69) is 27.6 Å².